The molecule has 0 saturated heterocycles. The lowest BCUT2D eigenvalue weighted by molar-refractivity contribution is 0.397. The van der Waals surface area contributed by atoms with Crippen molar-refractivity contribution in [2.45, 2.75) is 13.8 Å². The van der Waals surface area contributed by atoms with E-state index < -0.39 is 0 Å². The van der Waals surface area contributed by atoms with Crippen molar-refractivity contribution in [2.75, 3.05) is 7.11 Å². The Labute approximate surface area is 131 Å². The largest absolute Gasteiger partial charge is 0.479 e. The first-order chi connectivity index (χ1) is 10.7. The van der Waals surface area contributed by atoms with Crippen LogP contribution in [0, 0.1) is 13.8 Å². The topological polar surface area (TPSA) is 52.3 Å². The molecule has 0 saturated carbocycles. The Balaban J connectivity index is 1.99. The molecule has 0 aliphatic rings. The van der Waals surface area contributed by atoms with Gasteiger partial charge in [0.1, 0.15) is 11.3 Å². The van der Waals surface area contributed by atoms with E-state index >= 15 is 0 Å². The number of aromatic nitrogens is 4. The van der Waals surface area contributed by atoms with Crippen LogP contribution in [0.3, 0.4) is 0 Å². The van der Waals surface area contributed by atoms with Crippen LogP contribution in [0.2, 0.25) is 0 Å². The second-order valence-electron chi connectivity index (χ2n) is 5.11. The standard InChI is InChI=1S/C16H14N4OS/c1-9-17-16(21-3)15-12(6-7-20(15)19-9)11-4-5-13-14(8-11)22-10(2)18-13/h4-8H,1-3H3. The van der Waals surface area contributed by atoms with Gasteiger partial charge >= 0.3 is 0 Å². The Hall–Kier alpha value is -2.47. The quantitative estimate of drug-likeness (QED) is 0.567. The predicted octanol–water partition coefficient (Wildman–Crippen LogP) is 3.63. The van der Waals surface area contributed by atoms with E-state index in [1.54, 1.807) is 18.4 Å². The van der Waals surface area contributed by atoms with Gasteiger partial charge in [-0.2, -0.15) is 10.1 Å². The van der Waals surface area contributed by atoms with Crippen LogP contribution in [0.1, 0.15) is 10.8 Å². The summed E-state index contributed by atoms with van der Waals surface area (Å²) in [7, 11) is 1.63. The maximum atomic E-state index is 5.44. The van der Waals surface area contributed by atoms with E-state index in [9.17, 15) is 0 Å². The first-order valence-corrected chi connectivity index (χ1v) is 7.75. The molecule has 1 aromatic carbocycles. The molecule has 0 spiro atoms. The molecule has 5 nitrogen and oxygen atoms in total. The van der Waals surface area contributed by atoms with Gasteiger partial charge in [-0.15, -0.1) is 11.3 Å². The third kappa shape index (κ3) is 1.95. The first kappa shape index (κ1) is 13.2. The predicted molar refractivity (Wildman–Crippen MR) is 87.6 cm³/mol. The number of hydrogen-bond acceptors (Lipinski definition) is 5. The molecule has 22 heavy (non-hydrogen) atoms. The lowest BCUT2D eigenvalue weighted by Crippen LogP contribution is -2.00. The summed E-state index contributed by atoms with van der Waals surface area (Å²) in [6.07, 6.45) is 1.93. The van der Waals surface area contributed by atoms with Crippen molar-refractivity contribution >= 4 is 27.1 Å². The van der Waals surface area contributed by atoms with Gasteiger partial charge in [-0.1, -0.05) is 6.07 Å². The Morgan fingerprint density at radius 1 is 1.14 bits per heavy atom. The minimum absolute atomic E-state index is 0.591. The summed E-state index contributed by atoms with van der Waals surface area (Å²) in [4.78, 5) is 8.89. The molecule has 0 aliphatic heterocycles. The maximum Gasteiger partial charge on any atom is 0.242 e. The SMILES string of the molecule is COc1nc(C)nn2ccc(-c3ccc4nc(C)sc4c3)c12. The van der Waals surface area contributed by atoms with E-state index in [4.69, 9.17) is 4.74 Å². The Bertz CT molecular complexity index is 1000. The van der Waals surface area contributed by atoms with Gasteiger partial charge in [-0.05, 0) is 37.6 Å². The monoisotopic (exact) mass is 310 g/mol. The first-order valence-electron chi connectivity index (χ1n) is 6.93. The smallest absolute Gasteiger partial charge is 0.242 e. The van der Waals surface area contributed by atoms with Gasteiger partial charge in [0.05, 0.1) is 22.3 Å². The summed E-state index contributed by atoms with van der Waals surface area (Å²) in [5.41, 5.74) is 4.09. The second kappa shape index (κ2) is 4.78. The minimum atomic E-state index is 0.591. The molecule has 0 atom stereocenters. The van der Waals surface area contributed by atoms with Crippen LogP contribution >= 0.6 is 11.3 Å². The summed E-state index contributed by atoms with van der Waals surface area (Å²) in [5.74, 6) is 1.27. The molecule has 0 amide bonds. The molecule has 6 heteroatoms. The van der Waals surface area contributed by atoms with Crippen molar-refractivity contribution in [1.29, 1.82) is 0 Å². The van der Waals surface area contributed by atoms with Crippen LogP contribution in [0.15, 0.2) is 30.5 Å². The molecular weight excluding hydrogens is 296 g/mol. The van der Waals surface area contributed by atoms with Gasteiger partial charge in [0.2, 0.25) is 5.88 Å². The Kier molecular flexibility index (Phi) is 2.87. The molecule has 4 rings (SSSR count). The molecule has 0 bridgehead atoms. The number of thiazole rings is 1. The molecule has 0 radical (unpaired) electrons. The van der Waals surface area contributed by atoms with Crippen molar-refractivity contribution in [3.8, 4) is 17.0 Å². The third-order valence-electron chi connectivity index (χ3n) is 3.58. The van der Waals surface area contributed by atoms with Crippen LogP contribution in [0.25, 0.3) is 26.9 Å². The molecule has 0 fully saturated rings. The summed E-state index contributed by atoms with van der Waals surface area (Å²) in [6.45, 7) is 3.88. The van der Waals surface area contributed by atoms with E-state index in [-0.39, 0.29) is 0 Å². The van der Waals surface area contributed by atoms with Crippen LogP contribution in [-0.2, 0) is 0 Å². The van der Waals surface area contributed by atoms with Crippen LogP contribution in [0.5, 0.6) is 5.88 Å². The summed E-state index contributed by atoms with van der Waals surface area (Å²) < 4.78 is 8.44. The normalized spacial score (nSPS) is 11.4. The third-order valence-corrected chi connectivity index (χ3v) is 4.52. The molecule has 0 N–H and O–H groups in total. The van der Waals surface area contributed by atoms with Crippen LogP contribution in [0.4, 0.5) is 0 Å². The highest BCUT2D eigenvalue weighted by Gasteiger charge is 2.14. The lowest BCUT2D eigenvalue weighted by Gasteiger charge is -2.06. The second-order valence-corrected chi connectivity index (χ2v) is 6.34. The number of benzene rings is 1. The molecule has 0 unspecified atom stereocenters. The molecule has 3 heterocycles. The van der Waals surface area contributed by atoms with E-state index in [2.05, 4.69) is 33.3 Å². The zero-order chi connectivity index (χ0) is 15.3. The molecule has 3 aromatic heterocycles. The van der Waals surface area contributed by atoms with Gasteiger partial charge < -0.3 is 4.74 Å². The highest BCUT2D eigenvalue weighted by Crippen LogP contribution is 2.33. The molecule has 0 aliphatic carbocycles. The van der Waals surface area contributed by atoms with E-state index in [0.717, 1.165) is 27.2 Å². The summed E-state index contributed by atoms with van der Waals surface area (Å²) in [6, 6.07) is 8.34. The van der Waals surface area contributed by atoms with Crippen molar-refractivity contribution in [2.24, 2.45) is 0 Å². The van der Waals surface area contributed by atoms with Crippen molar-refractivity contribution in [3.05, 3.63) is 41.3 Å². The fourth-order valence-electron chi connectivity index (χ4n) is 2.68. The average molecular weight is 310 g/mol. The highest BCUT2D eigenvalue weighted by atomic mass is 32.1. The lowest BCUT2D eigenvalue weighted by atomic mass is 10.1. The maximum absolute atomic E-state index is 5.44. The number of aryl methyl sites for hydroxylation is 2. The zero-order valence-electron chi connectivity index (χ0n) is 12.5. The number of rotatable bonds is 2. The van der Waals surface area contributed by atoms with Crippen LogP contribution < -0.4 is 4.74 Å². The van der Waals surface area contributed by atoms with E-state index in [0.29, 0.717) is 11.7 Å². The number of nitrogens with zero attached hydrogens (tertiary/aromatic N) is 4. The molecule has 110 valence electrons. The van der Waals surface area contributed by atoms with E-state index in [1.165, 1.54) is 4.70 Å². The number of methoxy groups -OCH3 is 1. The zero-order valence-corrected chi connectivity index (χ0v) is 13.3. The van der Waals surface area contributed by atoms with Gasteiger partial charge in [0.25, 0.3) is 0 Å². The molecule has 4 aromatic rings. The van der Waals surface area contributed by atoms with Crippen molar-refractivity contribution < 1.29 is 4.74 Å². The van der Waals surface area contributed by atoms with Gasteiger partial charge in [0, 0.05) is 11.8 Å². The van der Waals surface area contributed by atoms with E-state index in [1.807, 2.05) is 30.6 Å². The average Bonchev–Trinajstić information content (AvgIpc) is 3.07. The number of hydrogen-bond donors (Lipinski definition) is 0. The van der Waals surface area contributed by atoms with Gasteiger partial charge in [-0.25, -0.2) is 9.50 Å². The number of fused-ring (bicyclic) bond motifs is 2. The van der Waals surface area contributed by atoms with Crippen LogP contribution in [-0.4, -0.2) is 26.7 Å². The Morgan fingerprint density at radius 2 is 2.00 bits per heavy atom. The summed E-state index contributed by atoms with van der Waals surface area (Å²) in [5, 5.41) is 5.49. The Morgan fingerprint density at radius 3 is 2.82 bits per heavy atom. The highest BCUT2D eigenvalue weighted by molar-refractivity contribution is 7.18. The molecular formula is C16H14N4OS. The fourth-order valence-corrected chi connectivity index (χ4v) is 3.55. The van der Waals surface area contributed by atoms with Crippen molar-refractivity contribution in [1.82, 2.24) is 19.6 Å². The fraction of sp³-hybridized carbons (Fsp3) is 0.188. The van der Waals surface area contributed by atoms with Gasteiger partial charge in [0.15, 0.2) is 0 Å². The number of ether oxygens (including phenoxy) is 1. The van der Waals surface area contributed by atoms with Gasteiger partial charge in [-0.3, -0.25) is 0 Å². The minimum Gasteiger partial charge on any atom is -0.479 e. The summed E-state index contributed by atoms with van der Waals surface area (Å²) >= 11 is 1.70. The van der Waals surface area contributed by atoms with Crippen molar-refractivity contribution in [3.63, 3.8) is 0 Å².